The third-order valence-electron chi connectivity index (χ3n) is 3.62. The smallest absolute Gasteiger partial charge is 0.339 e. The molecule has 2 aromatic carbocycles. The Morgan fingerprint density at radius 1 is 0.840 bits per heavy atom. The molecule has 0 atom stereocenters. The summed E-state index contributed by atoms with van der Waals surface area (Å²) in [7, 11) is 1.25. The van der Waals surface area contributed by atoms with E-state index in [4.69, 9.17) is 0 Å². The number of anilines is 2. The van der Waals surface area contributed by atoms with E-state index in [1.165, 1.54) is 19.2 Å². The maximum Gasteiger partial charge on any atom is 0.339 e. The minimum absolute atomic E-state index is 0.175. The van der Waals surface area contributed by atoms with E-state index < -0.39 is 17.8 Å². The van der Waals surface area contributed by atoms with Crippen molar-refractivity contribution in [2.45, 2.75) is 19.8 Å². The molecule has 0 aliphatic rings. The molecule has 0 aromatic heterocycles. The molecule has 25 heavy (non-hydrogen) atoms. The van der Waals surface area contributed by atoms with Gasteiger partial charge < -0.3 is 15.4 Å². The zero-order valence-electron chi connectivity index (χ0n) is 14.3. The van der Waals surface area contributed by atoms with Gasteiger partial charge in [-0.2, -0.15) is 0 Å². The fourth-order valence-corrected chi connectivity index (χ4v) is 2.35. The van der Waals surface area contributed by atoms with Gasteiger partial charge >= 0.3 is 17.8 Å². The Kier molecular flexibility index (Phi) is 5.89. The predicted octanol–water partition coefficient (Wildman–Crippen LogP) is 3.17. The number of carbonyl (C=O) groups excluding carboxylic acids is 3. The fourth-order valence-electron chi connectivity index (χ4n) is 2.35. The van der Waals surface area contributed by atoms with Gasteiger partial charge in [-0.25, -0.2) is 4.79 Å². The molecule has 6 nitrogen and oxygen atoms in total. The number of rotatable bonds is 4. The molecule has 0 saturated carbocycles. The van der Waals surface area contributed by atoms with Crippen molar-refractivity contribution < 1.29 is 19.1 Å². The van der Waals surface area contributed by atoms with Crippen molar-refractivity contribution in [3.8, 4) is 0 Å². The predicted molar refractivity (Wildman–Crippen MR) is 95.6 cm³/mol. The van der Waals surface area contributed by atoms with Crippen molar-refractivity contribution in [3.63, 3.8) is 0 Å². The summed E-state index contributed by atoms with van der Waals surface area (Å²) in [6, 6.07) is 13.6. The third-order valence-corrected chi connectivity index (χ3v) is 3.62. The van der Waals surface area contributed by atoms with E-state index in [9.17, 15) is 14.4 Å². The molecule has 0 radical (unpaired) electrons. The lowest BCUT2D eigenvalue weighted by Gasteiger charge is -2.14. The second-order valence-electron chi connectivity index (χ2n) is 5.69. The van der Waals surface area contributed by atoms with E-state index in [0.717, 1.165) is 5.56 Å². The highest BCUT2D eigenvalue weighted by Gasteiger charge is 2.19. The SMILES string of the molecule is COC(=O)c1ccccc1NC(=O)C(=O)Nc1ccccc1C(C)C. The maximum atomic E-state index is 12.2. The van der Waals surface area contributed by atoms with Crippen LogP contribution in [0.25, 0.3) is 0 Å². The van der Waals surface area contributed by atoms with Crippen LogP contribution >= 0.6 is 0 Å². The molecule has 2 amide bonds. The van der Waals surface area contributed by atoms with Crippen molar-refractivity contribution in [2.24, 2.45) is 0 Å². The summed E-state index contributed by atoms with van der Waals surface area (Å²) < 4.78 is 4.67. The van der Waals surface area contributed by atoms with Gasteiger partial charge in [-0.15, -0.1) is 0 Å². The highest BCUT2D eigenvalue weighted by molar-refractivity contribution is 6.44. The number of hydrogen-bond acceptors (Lipinski definition) is 4. The number of hydrogen-bond donors (Lipinski definition) is 2. The molecule has 130 valence electrons. The molecule has 0 unspecified atom stereocenters. The summed E-state index contributed by atoms with van der Waals surface area (Å²) >= 11 is 0. The van der Waals surface area contributed by atoms with Crippen molar-refractivity contribution in [1.29, 1.82) is 0 Å². The van der Waals surface area contributed by atoms with Gasteiger partial charge in [0.2, 0.25) is 0 Å². The number of ether oxygens (including phenoxy) is 1. The van der Waals surface area contributed by atoms with Gasteiger partial charge in [-0.1, -0.05) is 44.2 Å². The highest BCUT2D eigenvalue weighted by atomic mass is 16.5. The Hall–Kier alpha value is -3.15. The van der Waals surface area contributed by atoms with Crippen LogP contribution in [-0.2, 0) is 14.3 Å². The molecule has 2 aromatic rings. The number of carbonyl (C=O) groups is 3. The van der Waals surface area contributed by atoms with Gasteiger partial charge in [-0.3, -0.25) is 9.59 Å². The lowest BCUT2D eigenvalue weighted by atomic mass is 10.0. The third kappa shape index (κ3) is 4.44. The van der Waals surface area contributed by atoms with E-state index in [1.807, 2.05) is 26.0 Å². The zero-order chi connectivity index (χ0) is 18.4. The Balaban J connectivity index is 2.15. The van der Waals surface area contributed by atoms with Crippen LogP contribution in [0.1, 0.15) is 35.7 Å². The first-order valence-corrected chi connectivity index (χ1v) is 7.82. The first-order valence-electron chi connectivity index (χ1n) is 7.82. The zero-order valence-corrected chi connectivity index (χ0v) is 14.3. The summed E-state index contributed by atoms with van der Waals surface area (Å²) in [5.74, 6) is -2.08. The minimum atomic E-state index is -0.866. The molecule has 6 heteroatoms. The van der Waals surface area contributed by atoms with E-state index in [0.29, 0.717) is 5.69 Å². The molecular formula is C19H20N2O4. The van der Waals surface area contributed by atoms with Crippen LogP contribution in [-0.4, -0.2) is 24.9 Å². The number of esters is 1. The molecule has 0 aliphatic carbocycles. The maximum absolute atomic E-state index is 12.2. The first-order chi connectivity index (χ1) is 11.9. The van der Waals surface area contributed by atoms with Crippen LogP contribution in [0.15, 0.2) is 48.5 Å². The number of para-hydroxylation sites is 2. The van der Waals surface area contributed by atoms with Gasteiger partial charge in [0.15, 0.2) is 0 Å². The quantitative estimate of drug-likeness (QED) is 0.661. The Morgan fingerprint density at radius 2 is 1.36 bits per heavy atom. The molecule has 0 spiro atoms. The summed E-state index contributed by atoms with van der Waals surface area (Å²) in [6.45, 7) is 4.00. The van der Waals surface area contributed by atoms with E-state index >= 15 is 0 Å². The first kappa shape index (κ1) is 18.2. The van der Waals surface area contributed by atoms with Crippen LogP contribution in [0.5, 0.6) is 0 Å². The summed E-state index contributed by atoms with van der Waals surface area (Å²) in [6.07, 6.45) is 0. The number of amides is 2. The van der Waals surface area contributed by atoms with Crippen LogP contribution < -0.4 is 10.6 Å². The normalized spacial score (nSPS) is 10.2. The van der Waals surface area contributed by atoms with Gasteiger partial charge in [0.05, 0.1) is 18.4 Å². The number of nitrogens with one attached hydrogen (secondary N) is 2. The highest BCUT2D eigenvalue weighted by Crippen LogP contribution is 2.23. The topological polar surface area (TPSA) is 84.5 Å². The Morgan fingerprint density at radius 3 is 1.96 bits per heavy atom. The molecule has 0 saturated heterocycles. The molecule has 0 fully saturated rings. The van der Waals surface area contributed by atoms with Crippen LogP contribution in [0.3, 0.4) is 0 Å². The van der Waals surface area contributed by atoms with Crippen molar-refractivity contribution >= 4 is 29.2 Å². The van der Waals surface area contributed by atoms with Crippen molar-refractivity contribution in [3.05, 3.63) is 59.7 Å². The Labute approximate surface area is 146 Å². The molecular weight excluding hydrogens is 320 g/mol. The summed E-state index contributed by atoms with van der Waals surface area (Å²) in [5.41, 5.74) is 1.90. The van der Waals surface area contributed by atoms with E-state index in [1.54, 1.807) is 24.3 Å². The average molecular weight is 340 g/mol. The molecule has 0 heterocycles. The second-order valence-corrected chi connectivity index (χ2v) is 5.69. The van der Waals surface area contributed by atoms with Crippen molar-refractivity contribution in [2.75, 3.05) is 17.7 Å². The van der Waals surface area contributed by atoms with Gasteiger partial charge in [0, 0.05) is 5.69 Å². The lowest BCUT2D eigenvalue weighted by molar-refractivity contribution is -0.133. The minimum Gasteiger partial charge on any atom is -0.465 e. The second kappa shape index (κ2) is 8.10. The Bertz CT molecular complexity index is 800. The van der Waals surface area contributed by atoms with E-state index in [2.05, 4.69) is 15.4 Å². The monoisotopic (exact) mass is 340 g/mol. The summed E-state index contributed by atoms with van der Waals surface area (Å²) in [4.78, 5) is 36.1. The van der Waals surface area contributed by atoms with Crippen LogP contribution in [0.2, 0.25) is 0 Å². The molecule has 0 aliphatic heterocycles. The average Bonchev–Trinajstić information content (AvgIpc) is 2.61. The van der Waals surface area contributed by atoms with Crippen LogP contribution in [0.4, 0.5) is 11.4 Å². The van der Waals surface area contributed by atoms with E-state index in [-0.39, 0.29) is 17.2 Å². The standard InChI is InChI=1S/C19H20N2O4/c1-12(2)13-8-4-6-10-15(13)20-17(22)18(23)21-16-11-7-5-9-14(16)19(24)25-3/h4-12H,1-3H3,(H,20,22)(H,21,23). The summed E-state index contributed by atoms with van der Waals surface area (Å²) in [5, 5.41) is 5.05. The largest absolute Gasteiger partial charge is 0.465 e. The molecule has 0 bridgehead atoms. The molecule has 2 rings (SSSR count). The van der Waals surface area contributed by atoms with Gasteiger partial charge in [0.25, 0.3) is 0 Å². The number of benzene rings is 2. The number of methoxy groups -OCH3 is 1. The molecule has 2 N–H and O–H groups in total. The van der Waals surface area contributed by atoms with Gasteiger partial charge in [0.1, 0.15) is 0 Å². The van der Waals surface area contributed by atoms with Gasteiger partial charge in [-0.05, 0) is 29.7 Å². The van der Waals surface area contributed by atoms with Crippen molar-refractivity contribution in [1.82, 2.24) is 0 Å². The lowest BCUT2D eigenvalue weighted by Crippen LogP contribution is -2.30. The fraction of sp³-hybridized carbons (Fsp3) is 0.211. The van der Waals surface area contributed by atoms with Crippen LogP contribution in [0, 0.1) is 0 Å².